The number of imide groups is 1. The van der Waals surface area contributed by atoms with Crippen LogP contribution in [-0.2, 0) is 40.0 Å². The van der Waals surface area contributed by atoms with Gasteiger partial charge in [0.1, 0.15) is 6.04 Å². The van der Waals surface area contributed by atoms with Crippen molar-refractivity contribution in [1.29, 1.82) is 0 Å². The molecule has 0 aromatic heterocycles. The average molecular weight is 515 g/mol. The molecule has 0 fully saturated rings. The predicted octanol–water partition coefficient (Wildman–Crippen LogP) is -2.49. The maximum Gasteiger partial charge on any atom is 0.253 e. The first kappa shape index (κ1) is 28.7. The summed E-state index contributed by atoms with van der Waals surface area (Å²) in [5.74, 6) is -3.81. The molecule has 0 bridgehead atoms. The normalized spacial score (nSPS) is 13.1. The van der Waals surface area contributed by atoms with E-state index in [0.29, 0.717) is 6.54 Å². The molecule has 1 aromatic carbocycles. The second kappa shape index (κ2) is 14.8. The van der Waals surface area contributed by atoms with Crippen LogP contribution in [-0.4, -0.2) is 85.0 Å². The summed E-state index contributed by atoms with van der Waals surface area (Å²) in [6, 6.07) is 7.95. The quantitative estimate of drug-likeness (QED) is 0.170. The summed E-state index contributed by atoms with van der Waals surface area (Å²) in [4.78, 5) is 84.4. The van der Waals surface area contributed by atoms with Gasteiger partial charge in [-0.3, -0.25) is 38.5 Å². The van der Waals surface area contributed by atoms with Gasteiger partial charge in [0.15, 0.2) is 0 Å². The van der Waals surface area contributed by atoms with Gasteiger partial charge in [-0.25, -0.2) is 0 Å². The topological polar surface area (TPSA) is 183 Å². The van der Waals surface area contributed by atoms with Crippen molar-refractivity contribution in [2.45, 2.75) is 25.8 Å². The van der Waals surface area contributed by atoms with Crippen LogP contribution in [0, 0.1) is 0 Å². The molecule has 13 nitrogen and oxygen atoms in total. The third kappa shape index (κ3) is 10.3. The van der Waals surface area contributed by atoms with Crippen molar-refractivity contribution in [1.82, 2.24) is 31.5 Å². The molecule has 13 heteroatoms. The molecule has 1 heterocycles. The van der Waals surface area contributed by atoms with Crippen LogP contribution in [0.5, 0.6) is 0 Å². The maximum absolute atomic E-state index is 12.6. The number of hydrogen-bond acceptors (Lipinski definition) is 7. The molecule has 0 saturated heterocycles. The van der Waals surface area contributed by atoms with Crippen molar-refractivity contribution >= 4 is 41.4 Å². The highest BCUT2D eigenvalue weighted by Crippen LogP contribution is 2.04. The molecule has 1 atom stereocenters. The van der Waals surface area contributed by atoms with Gasteiger partial charge < -0.3 is 26.6 Å². The van der Waals surface area contributed by atoms with E-state index in [4.69, 9.17) is 0 Å². The second-order valence-corrected chi connectivity index (χ2v) is 7.95. The molecule has 1 unspecified atom stereocenters. The highest BCUT2D eigenvalue weighted by Gasteiger charge is 2.24. The highest BCUT2D eigenvalue weighted by atomic mass is 16.2. The molecule has 0 spiro atoms. The Labute approximate surface area is 213 Å². The standard InChI is InChI=1S/C24H30N6O7/c1-2-25-19(32)14-28-24(37)17(12-16-6-4-3-5-7-16)29-21(34)15-27-20(33)13-26-18(31)10-11-30-22(35)8-9-23(30)36/h3-9,17H,2,10-15H2,1H3,(H,25,32)(H,26,31)(H,27,33)(H,28,37)(H,29,34). The Bertz CT molecular complexity index is 1040. The number of carbonyl (C=O) groups excluding carboxylic acids is 7. The van der Waals surface area contributed by atoms with E-state index in [0.717, 1.165) is 22.6 Å². The van der Waals surface area contributed by atoms with Crippen LogP contribution in [0.2, 0.25) is 0 Å². The summed E-state index contributed by atoms with van der Waals surface area (Å²) >= 11 is 0. The minimum Gasteiger partial charge on any atom is -0.355 e. The summed E-state index contributed by atoms with van der Waals surface area (Å²) in [7, 11) is 0. The van der Waals surface area contributed by atoms with Gasteiger partial charge in [-0.15, -0.1) is 0 Å². The fourth-order valence-electron chi connectivity index (χ4n) is 3.23. The summed E-state index contributed by atoms with van der Waals surface area (Å²) in [6.45, 7) is 0.911. The smallest absolute Gasteiger partial charge is 0.253 e. The maximum atomic E-state index is 12.6. The van der Waals surface area contributed by atoms with Crippen molar-refractivity contribution in [3.05, 3.63) is 48.0 Å². The lowest BCUT2D eigenvalue weighted by atomic mass is 10.1. The number of hydrogen-bond donors (Lipinski definition) is 5. The number of nitrogens with one attached hydrogen (secondary N) is 5. The molecule has 2 rings (SSSR count). The van der Waals surface area contributed by atoms with E-state index >= 15 is 0 Å². The molecule has 1 aliphatic rings. The minimum atomic E-state index is -0.994. The van der Waals surface area contributed by atoms with Crippen LogP contribution in [0.3, 0.4) is 0 Å². The number of carbonyl (C=O) groups is 7. The lowest BCUT2D eigenvalue weighted by Gasteiger charge is -2.19. The van der Waals surface area contributed by atoms with Gasteiger partial charge in [0, 0.05) is 38.1 Å². The van der Waals surface area contributed by atoms with Crippen molar-refractivity contribution in [3.8, 4) is 0 Å². The largest absolute Gasteiger partial charge is 0.355 e. The molecular weight excluding hydrogens is 484 g/mol. The molecule has 0 aliphatic carbocycles. The van der Waals surface area contributed by atoms with Crippen LogP contribution in [0.15, 0.2) is 42.5 Å². The zero-order valence-electron chi connectivity index (χ0n) is 20.4. The number of amides is 7. The van der Waals surface area contributed by atoms with Crippen LogP contribution in [0.4, 0.5) is 0 Å². The third-order valence-electron chi connectivity index (χ3n) is 5.09. The number of likely N-dealkylation sites (N-methyl/N-ethyl adjacent to an activating group) is 1. The first-order valence-electron chi connectivity index (χ1n) is 11.6. The molecule has 198 valence electrons. The lowest BCUT2D eigenvalue weighted by molar-refractivity contribution is -0.137. The van der Waals surface area contributed by atoms with E-state index < -0.39 is 54.6 Å². The molecule has 7 amide bonds. The van der Waals surface area contributed by atoms with Crippen LogP contribution >= 0.6 is 0 Å². The van der Waals surface area contributed by atoms with Gasteiger partial charge in [-0.1, -0.05) is 30.3 Å². The third-order valence-corrected chi connectivity index (χ3v) is 5.09. The number of rotatable bonds is 14. The Hall–Kier alpha value is -4.55. The fraction of sp³-hybridized carbons (Fsp3) is 0.375. The highest BCUT2D eigenvalue weighted by molar-refractivity contribution is 6.13. The predicted molar refractivity (Wildman–Crippen MR) is 130 cm³/mol. The van der Waals surface area contributed by atoms with Crippen molar-refractivity contribution in [2.24, 2.45) is 0 Å². The first-order valence-corrected chi connectivity index (χ1v) is 11.6. The molecule has 1 aliphatic heterocycles. The van der Waals surface area contributed by atoms with Gasteiger partial charge >= 0.3 is 0 Å². The van der Waals surface area contributed by atoms with Crippen LogP contribution in [0.25, 0.3) is 0 Å². The summed E-state index contributed by atoms with van der Waals surface area (Å²) < 4.78 is 0. The lowest BCUT2D eigenvalue weighted by Crippen LogP contribution is -2.52. The van der Waals surface area contributed by atoms with E-state index in [-0.39, 0.29) is 31.8 Å². The Balaban J connectivity index is 1.77. The summed E-state index contributed by atoms with van der Waals surface area (Å²) in [6.07, 6.45) is 2.20. The zero-order chi connectivity index (χ0) is 27.2. The molecule has 37 heavy (non-hydrogen) atoms. The monoisotopic (exact) mass is 514 g/mol. The molecule has 0 saturated carbocycles. The van der Waals surface area contributed by atoms with E-state index in [9.17, 15) is 33.6 Å². The van der Waals surface area contributed by atoms with Crippen molar-refractivity contribution < 1.29 is 33.6 Å². The Kier molecular flexibility index (Phi) is 11.4. The Morgan fingerprint density at radius 2 is 1.32 bits per heavy atom. The van der Waals surface area contributed by atoms with Gasteiger partial charge in [-0.05, 0) is 12.5 Å². The van der Waals surface area contributed by atoms with E-state index in [1.807, 2.05) is 6.07 Å². The fourth-order valence-corrected chi connectivity index (χ4v) is 3.23. The molecule has 5 N–H and O–H groups in total. The summed E-state index contributed by atoms with van der Waals surface area (Å²) in [5.41, 5.74) is 0.779. The molecule has 1 aromatic rings. The first-order chi connectivity index (χ1) is 17.7. The minimum absolute atomic E-state index is 0.120. The molecule has 0 radical (unpaired) electrons. The summed E-state index contributed by atoms with van der Waals surface area (Å²) in [5, 5.41) is 12.2. The van der Waals surface area contributed by atoms with E-state index in [1.165, 1.54) is 0 Å². The Morgan fingerprint density at radius 1 is 0.757 bits per heavy atom. The van der Waals surface area contributed by atoms with Gasteiger partial charge in [0.25, 0.3) is 11.8 Å². The van der Waals surface area contributed by atoms with Crippen molar-refractivity contribution in [2.75, 3.05) is 32.7 Å². The van der Waals surface area contributed by atoms with Crippen molar-refractivity contribution in [3.63, 3.8) is 0 Å². The van der Waals surface area contributed by atoms with E-state index in [1.54, 1.807) is 31.2 Å². The van der Waals surface area contributed by atoms with Crippen LogP contribution < -0.4 is 26.6 Å². The van der Waals surface area contributed by atoms with Gasteiger partial charge in [0.2, 0.25) is 29.5 Å². The Morgan fingerprint density at radius 3 is 1.97 bits per heavy atom. The number of benzene rings is 1. The SMILES string of the molecule is CCNC(=O)CNC(=O)C(Cc1ccccc1)NC(=O)CNC(=O)CNC(=O)CCN1C(=O)C=CC1=O. The molecular formula is C24H30N6O7. The van der Waals surface area contributed by atoms with E-state index in [2.05, 4.69) is 26.6 Å². The second-order valence-electron chi connectivity index (χ2n) is 7.95. The van der Waals surface area contributed by atoms with Gasteiger partial charge in [-0.2, -0.15) is 0 Å². The average Bonchev–Trinajstić information content (AvgIpc) is 3.20. The number of nitrogens with zero attached hydrogens (tertiary/aromatic N) is 1. The zero-order valence-corrected chi connectivity index (χ0v) is 20.4. The van der Waals surface area contributed by atoms with Gasteiger partial charge in [0.05, 0.1) is 19.6 Å². The van der Waals surface area contributed by atoms with Crippen LogP contribution in [0.1, 0.15) is 18.9 Å².